The first-order chi connectivity index (χ1) is 17.2. The first-order valence-corrected chi connectivity index (χ1v) is 13.5. The maximum Gasteiger partial charge on any atom is 0.255 e. The SMILES string of the molecule is COc1cc(NC(=O)C2(N3Cc4c(Br)cc(NCCCN(C)C)cc4C3=O)CCCCC2)ccc1C. The summed E-state index contributed by atoms with van der Waals surface area (Å²) in [6.07, 6.45) is 5.25. The molecule has 2 N–H and O–H groups in total. The molecule has 0 atom stereocenters. The lowest BCUT2D eigenvalue weighted by molar-refractivity contribution is -0.129. The number of ether oxygens (including phenoxy) is 1. The van der Waals surface area contributed by atoms with E-state index >= 15 is 0 Å². The van der Waals surface area contributed by atoms with Gasteiger partial charge in [0.05, 0.1) is 7.11 Å². The molecule has 2 aliphatic rings. The maximum absolute atomic E-state index is 13.9. The summed E-state index contributed by atoms with van der Waals surface area (Å²) in [4.78, 5) is 31.6. The van der Waals surface area contributed by atoms with Crippen molar-refractivity contribution in [2.24, 2.45) is 0 Å². The zero-order valence-corrected chi connectivity index (χ0v) is 23.3. The molecule has 36 heavy (non-hydrogen) atoms. The highest BCUT2D eigenvalue weighted by atomic mass is 79.9. The van der Waals surface area contributed by atoms with Gasteiger partial charge in [-0.15, -0.1) is 0 Å². The molecule has 2 aromatic carbocycles. The fraction of sp³-hybridized carbons (Fsp3) is 0.500. The number of nitrogens with one attached hydrogen (secondary N) is 2. The van der Waals surface area contributed by atoms with Crippen LogP contribution >= 0.6 is 15.9 Å². The highest BCUT2D eigenvalue weighted by Crippen LogP contribution is 2.42. The van der Waals surface area contributed by atoms with E-state index in [9.17, 15) is 9.59 Å². The van der Waals surface area contributed by atoms with Crippen LogP contribution in [0.3, 0.4) is 0 Å². The molecule has 0 saturated heterocycles. The molecular formula is C28H37BrN4O3. The third-order valence-electron chi connectivity index (χ3n) is 7.38. The fourth-order valence-electron chi connectivity index (χ4n) is 5.34. The molecule has 0 spiro atoms. The van der Waals surface area contributed by atoms with E-state index in [-0.39, 0.29) is 11.8 Å². The van der Waals surface area contributed by atoms with Gasteiger partial charge in [0.25, 0.3) is 5.91 Å². The Balaban J connectivity index is 1.57. The van der Waals surface area contributed by atoms with Crippen LogP contribution in [0.2, 0.25) is 0 Å². The van der Waals surface area contributed by atoms with Crippen LogP contribution in [0.5, 0.6) is 5.75 Å². The minimum Gasteiger partial charge on any atom is -0.496 e. The van der Waals surface area contributed by atoms with E-state index < -0.39 is 5.54 Å². The number of carbonyl (C=O) groups excluding carboxylic acids is 2. The van der Waals surface area contributed by atoms with Crippen molar-refractivity contribution in [3.63, 3.8) is 0 Å². The van der Waals surface area contributed by atoms with Crippen LogP contribution in [-0.2, 0) is 11.3 Å². The Labute approximate surface area is 222 Å². The van der Waals surface area contributed by atoms with Crippen LogP contribution in [0.15, 0.2) is 34.8 Å². The molecule has 0 radical (unpaired) electrons. The molecule has 1 saturated carbocycles. The summed E-state index contributed by atoms with van der Waals surface area (Å²) in [5, 5.41) is 6.55. The zero-order chi connectivity index (χ0) is 25.9. The largest absolute Gasteiger partial charge is 0.496 e. The molecule has 1 heterocycles. The Hall–Kier alpha value is -2.58. The normalized spacial score (nSPS) is 16.7. The first-order valence-electron chi connectivity index (χ1n) is 12.7. The summed E-state index contributed by atoms with van der Waals surface area (Å²) in [6.45, 7) is 4.22. The van der Waals surface area contributed by atoms with E-state index in [2.05, 4.69) is 45.6 Å². The van der Waals surface area contributed by atoms with Gasteiger partial charge in [0.15, 0.2) is 0 Å². The summed E-state index contributed by atoms with van der Waals surface area (Å²) in [6, 6.07) is 9.64. The number of hydrogen-bond donors (Lipinski definition) is 2. The van der Waals surface area contributed by atoms with Gasteiger partial charge < -0.3 is 25.2 Å². The number of anilines is 2. The van der Waals surface area contributed by atoms with Gasteiger partial charge in [-0.2, -0.15) is 0 Å². The van der Waals surface area contributed by atoms with E-state index in [0.29, 0.717) is 30.6 Å². The monoisotopic (exact) mass is 556 g/mol. The molecule has 1 aliphatic carbocycles. The van der Waals surface area contributed by atoms with E-state index in [0.717, 1.165) is 65.8 Å². The number of rotatable bonds is 9. The Morgan fingerprint density at radius 3 is 2.58 bits per heavy atom. The number of carbonyl (C=O) groups is 2. The van der Waals surface area contributed by atoms with Crippen molar-refractivity contribution in [3.8, 4) is 5.75 Å². The third-order valence-corrected chi connectivity index (χ3v) is 8.09. The van der Waals surface area contributed by atoms with Gasteiger partial charge in [-0.05, 0) is 76.2 Å². The molecule has 2 amide bonds. The second-order valence-electron chi connectivity index (χ2n) is 10.2. The third kappa shape index (κ3) is 5.39. The smallest absolute Gasteiger partial charge is 0.255 e. The van der Waals surface area contributed by atoms with Crippen molar-refractivity contribution >= 4 is 39.1 Å². The van der Waals surface area contributed by atoms with Crippen molar-refractivity contribution in [1.82, 2.24) is 9.80 Å². The molecule has 0 unspecified atom stereocenters. The van der Waals surface area contributed by atoms with Crippen LogP contribution in [0.25, 0.3) is 0 Å². The van der Waals surface area contributed by atoms with Gasteiger partial charge in [-0.1, -0.05) is 41.3 Å². The highest BCUT2D eigenvalue weighted by molar-refractivity contribution is 9.10. The molecule has 194 valence electrons. The fourth-order valence-corrected chi connectivity index (χ4v) is 5.93. The Kier molecular flexibility index (Phi) is 8.25. The minimum atomic E-state index is -0.870. The number of nitrogens with zero attached hydrogens (tertiary/aromatic N) is 2. The zero-order valence-electron chi connectivity index (χ0n) is 21.7. The molecular weight excluding hydrogens is 520 g/mol. The molecule has 2 aromatic rings. The minimum absolute atomic E-state index is 0.0684. The number of fused-ring (bicyclic) bond motifs is 1. The second kappa shape index (κ2) is 11.2. The van der Waals surface area contributed by atoms with Gasteiger partial charge in [-0.25, -0.2) is 0 Å². The van der Waals surface area contributed by atoms with Crippen molar-refractivity contribution in [1.29, 1.82) is 0 Å². The van der Waals surface area contributed by atoms with E-state index in [1.165, 1.54) is 0 Å². The lowest BCUT2D eigenvalue weighted by atomic mass is 9.79. The molecule has 0 bridgehead atoms. The van der Waals surface area contributed by atoms with Crippen molar-refractivity contribution in [2.45, 2.75) is 57.5 Å². The van der Waals surface area contributed by atoms with Gasteiger partial charge in [0.1, 0.15) is 11.3 Å². The number of amides is 2. The molecule has 0 aromatic heterocycles. The number of benzene rings is 2. The Bertz CT molecular complexity index is 1130. The maximum atomic E-state index is 13.9. The van der Waals surface area contributed by atoms with Crippen LogP contribution in [0.1, 0.15) is 60.0 Å². The number of methoxy groups -OCH3 is 1. The quantitative estimate of drug-likeness (QED) is 0.403. The molecule has 1 aliphatic heterocycles. The summed E-state index contributed by atoms with van der Waals surface area (Å²) >= 11 is 3.70. The summed E-state index contributed by atoms with van der Waals surface area (Å²) in [7, 11) is 5.75. The predicted octanol–water partition coefficient (Wildman–Crippen LogP) is 5.43. The lowest BCUT2D eigenvalue weighted by Gasteiger charge is -2.43. The first kappa shape index (κ1) is 26.5. The van der Waals surface area contributed by atoms with Crippen LogP contribution in [-0.4, -0.2) is 61.4 Å². The second-order valence-corrected chi connectivity index (χ2v) is 11.0. The number of hydrogen-bond acceptors (Lipinski definition) is 5. The number of halogens is 1. The Morgan fingerprint density at radius 2 is 1.89 bits per heavy atom. The topological polar surface area (TPSA) is 73.9 Å². The molecule has 8 heteroatoms. The number of aryl methyl sites for hydroxylation is 1. The Morgan fingerprint density at radius 1 is 1.14 bits per heavy atom. The van der Waals surface area contributed by atoms with Crippen molar-refractivity contribution in [3.05, 3.63) is 51.5 Å². The van der Waals surface area contributed by atoms with E-state index in [1.807, 2.05) is 42.2 Å². The van der Waals surface area contributed by atoms with Crippen LogP contribution in [0, 0.1) is 6.92 Å². The summed E-state index contributed by atoms with van der Waals surface area (Å²) < 4.78 is 6.34. The van der Waals surface area contributed by atoms with Crippen LogP contribution < -0.4 is 15.4 Å². The van der Waals surface area contributed by atoms with Gasteiger partial charge in [0, 0.05) is 40.6 Å². The average Bonchev–Trinajstić information content (AvgIpc) is 3.20. The molecule has 1 fully saturated rings. The summed E-state index contributed by atoms with van der Waals surface area (Å²) in [5.74, 6) is 0.540. The van der Waals surface area contributed by atoms with Crippen LogP contribution in [0.4, 0.5) is 11.4 Å². The highest BCUT2D eigenvalue weighted by Gasteiger charge is 2.50. The molecule has 7 nitrogen and oxygen atoms in total. The molecule has 4 rings (SSSR count). The average molecular weight is 558 g/mol. The lowest BCUT2D eigenvalue weighted by Crippen LogP contribution is -2.58. The van der Waals surface area contributed by atoms with Crippen molar-refractivity contribution in [2.75, 3.05) is 44.9 Å². The van der Waals surface area contributed by atoms with E-state index in [4.69, 9.17) is 4.74 Å². The van der Waals surface area contributed by atoms with Gasteiger partial charge in [0.2, 0.25) is 5.91 Å². The van der Waals surface area contributed by atoms with E-state index in [1.54, 1.807) is 7.11 Å². The standard InChI is InChI=1S/C28H37BrN4O3/c1-19-9-10-20(17-25(19)36-4)31-27(35)28(11-6-5-7-12-28)33-18-23-22(26(33)34)15-21(16-24(23)29)30-13-8-14-32(2)3/h9-10,15-17,30H,5-8,11-14,18H2,1-4H3,(H,31,35). The van der Waals surface area contributed by atoms with Gasteiger partial charge in [-0.3, -0.25) is 9.59 Å². The van der Waals surface area contributed by atoms with Crippen molar-refractivity contribution < 1.29 is 14.3 Å². The van der Waals surface area contributed by atoms with Gasteiger partial charge >= 0.3 is 0 Å². The predicted molar refractivity (Wildman–Crippen MR) is 148 cm³/mol. The summed E-state index contributed by atoms with van der Waals surface area (Å²) in [5.41, 5.74) is 3.36.